The molecule has 0 aromatic carbocycles. The number of aryl methyl sites for hydroxylation is 1. The van der Waals surface area contributed by atoms with E-state index < -0.39 is 5.97 Å². The van der Waals surface area contributed by atoms with Crippen molar-refractivity contribution in [2.75, 3.05) is 6.54 Å². The van der Waals surface area contributed by atoms with Gasteiger partial charge in [0.15, 0.2) is 0 Å². The van der Waals surface area contributed by atoms with E-state index in [9.17, 15) is 9.59 Å². The Morgan fingerprint density at radius 2 is 2.27 bits per heavy atom. The molecule has 1 heterocycles. The van der Waals surface area contributed by atoms with Gasteiger partial charge in [0, 0.05) is 11.4 Å². The quantitative estimate of drug-likeness (QED) is 0.892. The SMILES string of the molecule is Cc1cc(C(=O)NCCC(=O)O)c(Br)s1. The first-order valence-corrected chi connectivity index (χ1v) is 5.87. The number of rotatable bonds is 4. The molecule has 1 rings (SSSR count). The number of carboxylic acid groups (broad SMARTS) is 1. The zero-order chi connectivity index (χ0) is 11.4. The second-order valence-corrected chi connectivity index (χ2v) is 5.52. The third-order valence-electron chi connectivity index (χ3n) is 1.68. The highest BCUT2D eigenvalue weighted by Crippen LogP contribution is 2.27. The maximum Gasteiger partial charge on any atom is 0.305 e. The van der Waals surface area contributed by atoms with Crippen LogP contribution in [0.1, 0.15) is 21.7 Å². The fourth-order valence-electron chi connectivity index (χ4n) is 1.02. The van der Waals surface area contributed by atoms with Crippen molar-refractivity contribution in [3.05, 3.63) is 20.3 Å². The number of hydrogen-bond acceptors (Lipinski definition) is 3. The number of carboxylic acids is 1. The molecule has 0 saturated heterocycles. The van der Waals surface area contributed by atoms with E-state index >= 15 is 0 Å². The fourth-order valence-corrected chi connectivity index (χ4v) is 2.80. The minimum atomic E-state index is -0.920. The van der Waals surface area contributed by atoms with Gasteiger partial charge in [0.05, 0.1) is 15.8 Å². The fraction of sp³-hybridized carbons (Fsp3) is 0.333. The van der Waals surface area contributed by atoms with Crippen LogP contribution in [0.2, 0.25) is 0 Å². The lowest BCUT2D eigenvalue weighted by atomic mass is 10.3. The van der Waals surface area contributed by atoms with Crippen molar-refractivity contribution in [1.82, 2.24) is 5.32 Å². The average molecular weight is 292 g/mol. The van der Waals surface area contributed by atoms with Crippen molar-refractivity contribution in [1.29, 1.82) is 0 Å². The van der Waals surface area contributed by atoms with Crippen LogP contribution in [0.4, 0.5) is 0 Å². The Hall–Kier alpha value is -0.880. The average Bonchev–Trinajstić information content (AvgIpc) is 2.44. The minimum absolute atomic E-state index is 0.0630. The minimum Gasteiger partial charge on any atom is -0.481 e. The number of nitrogens with one attached hydrogen (secondary N) is 1. The molecule has 1 amide bonds. The molecule has 15 heavy (non-hydrogen) atoms. The number of halogens is 1. The van der Waals surface area contributed by atoms with Gasteiger partial charge in [-0.05, 0) is 28.9 Å². The molecule has 6 heteroatoms. The molecule has 0 radical (unpaired) electrons. The number of carbonyl (C=O) groups excluding carboxylic acids is 1. The largest absolute Gasteiger partial charge is 0.481 e. The molecule has 82 valence electrons. The lowest BCUT2D eigenvalue weighted by Gasteiger charge is -2.01. The first-order valence-electron chi connectivity index (χ1n) is 4.26. The zero-order valence-corrected chi connectivity index (χ0v) is 10.4. The van der Waals surface area contributed by atoms with Crippen LogP contribution in [-0.4, -0.2) is 23.5 Å². The van der Waals surface area contributed by atoms with Gasteiger partial charge >= 0.3 is 5.97 Å². The third-order valence-corrected chi connectivity index (χ3v) is 3.43. The highest BCUT2D eigenvalue weighted by atomic mass is 79.9. The van der Waals surface area contributed by atoms with Gasteiger partial charge in [-0.1, -0.05) is 0 Å². The first-order chi connectivity index (χ1) is 7.00. The molecule has 0 aliphatic rings. The Bertz CT molecular complexity index is 389. The van der Waals surface area contributed by atoms with Crippen molar-refractivity contribution in [3.8, 4) is 0 Å². The Morgan fingerprint density at radius 3 is 2.73 bits per heavy atom. The normalized spacial score (nSPS) is 10.0. The van der Waals surface area contributed by atoms with Crippen LogP contribution in [0.15, 0.2) is 9.85 Å². The smallest absolute Gasteiger partial charge is 0.305 e. The Balaban J connectivity index is 2.54. The number of amides is 1. The van der Waals surface area contributed by atoms with Gasteiger partial charge in [0.2, 0.25) is 0 Å². The van der Waals surface area contributed by atoms with Crippen molar-refractivity contribution in [2.45, 2.75) is 13.3 Å². The summed E-state index contributed by atoms with van der Waals surface area (Å²) in [5, 5.41) is 10.9. The molecule has 0 bridgehead atoms. The standard InChI is InChI=1S/C9H10BrNO3S/c1-5-4-6(8(10)15-5)9(14)11-3-2-7(12)13/h4H,2-3H2,1H3,(H,11,14)(H,12,13). The maximum atomic E-state index is 11.5. The summed E-state index contributed by atoms with van der Waals surface area (Å²) >= 11 is 4.76. The van der Waals surface area contributed by atoms with Crippen LogP contribution >= 0.6 is 27.3 Å². The van der Waals surface area contributed by atoms with Gasteiger partial charge < -0.3 is 10.4 Å². The van der Waals surface area contributed by atoms with Crippen molar-refractivity contribution in [2.24, 2.45) is 0 Å². The summed E-state index contributed by atoms with van der Waals surface area (Å²) in [5.74, 6) is -1.16. The molecular weight excluding hydrogens is 282 g/mol. The number of carbonyl (C=O) groups is 2. The molecular formula is C9H10BrNO3S. The van der Waals surface area contributed by atoms with E-state index in [1.165, 1.54) is 11.3 Å². The maximum absolute atomic E-state index is 11.5. The molecule has 0 atom stereocenters. The Labute approximate surface area is 99.4 Å². The first kappa shape index (κ1) is 12.2. The number of hydrogen-bond donors (Lipinski definition) is 2. The van der Waals surface area contributed by atoms with Crippen molar-refractivity contribution in [3.63, 3.8) is 0 Å². The molecule has 4 nitrogen and oxygen atoms in total. The predicted octanol–water partition coefficient (Wildman–Crippen LogP) is 2.02. The lowest BCUT2D eigenvalue weighted by molar-refractivity contribution is -0.136. The number of thiophene rings is 1. The second-order valence-electron chi connectivity index (χ2n) is 2.94. The van der Waals surface area contributed by atoms with Crippen LogP contribution in [0.25, 0.3) is 0 Å². The van der Waals surface area contributed by atoms with Gasteiger partial charge in [-0.15, -0.1) is 11.3 Å². The topological polar surface area (TPSA) is 66.4 Å². The zero-order valence-electron chi connectivity index (χ0n) is 8.04. The van der Waals surface area contributed by atoms with E-state index in [1.807, 2.05) is 6.92 Å². The summed E-state index contributed by atoms with van der Waals surface area (Å²) in [7, 11) is 0. The van der Waals surface area contributed by atoms with Gasteiger partial charge in [-0.2, -0.15) is 0 Å². The summed E-state index contributed by atoms with van der Waals surface area (Å²) in [4.78, 5) is 22.8. The van der Waals surface area contributed by atoms with Crippen molar-refractivity contribution >= 4 is 39.1 Å². The summed E-state index contributed by atoms with van der Waals surface area (Å²) in [6.45, 7) is 2.05. The van der Waals surface area contributed by atoms with Crippen LogP contribution < -0.4 is 5.32 Å². The predicted molar refractivity (Wildman–Crippen MR) is 61.3 cm³/mol. The molecule has 0 fully saturated rings. The van der Waals surface area contributed by atoms with Gasteiger partial charge in [0.1, 0.15) is 0 Å². The molecule has 1 aromatic rings. The van der Waals surface area contributed by atoms with Crippen LogP contribution in [0.5, 0.6) is 0 Å². The van der Waals surface area contributed by atoms with E-state index in [-0.39, 0.29) is 18.9 Å². The molecule has 0 aliphatic carbocycles. The molecule has 0 saturated carbocycles. The van der Waals surface area contributed by atoms with Crippen LogP contribution in [-0.2, 0) is 4.79 Å². The van der Waals surface area contributed by atoms with Gasteiger partial charge in [0.25, 0.3) is 5.91 Å². The summed E-state index contributed by atoms with van der Waals surface area (Å²) in [6, 6.07) is 1.77. The van der Waals surface area contributed by atoms with Crippen LogP contribution in [0.3, 0.4) is 0 Å². The second kappa shape index (κ2) is 5.27. The monoisotopic (exact) mass is 291 g/mol. The summed E-state index contributed by atoms with van der Waals surface area (Å²) in [6.07, 6.45) is -0.0630. The van der Waals surface area contributed by atoms with E-state index in [1.54, 1.807) is 6.07 Å². The van der Waals surface area contributed by atoms with E-state index in [0.29, 0.717) is 5.56 Å². The highest BCUT2D eigenvalue weighted by Gasteiger charge is 2.12. The molecule has 0 spiro atoms. The van der Waals surface area contributed by atoms with E-state index in [4.69, 9.17) is 5.11 Å². The van der Waals surface area contributed by atoms with E-state index in [0.717, 1.165) is 8.66 Å². The third kappa shape index (κ3) is 3.64. The summed E-state index contributed by atoms with van der Waals surface area (Å²) in [5.41, 5.74) is 0.558. The van der Waals surface area contributed by atoms with E-state index in [2.05, 4.69) is 21.2 Å². The molecule has 2 N–H and O–H groups in total. The molecule has 0 aliphatic heterocycles. The molecule has 1 aromatic heterocycles. The lowest BCUT2D eigenvalue weighted by Crippen LogP contribution is -2.25. The Kier molecular flexibility index (Phi) is 4.28. The van der Waals surface area contributed by atoms with Crippen molar-refractivity contribution < 1.29 is 14.7 Å². The summed E-state index contributed by atoms with van der Waals surface area (Å²) < 4.78 is 0.771. The molecule has 0 unspecified atom stereocenters. The van der Waals surface area contributed by atoms with Crippen LogP contribution in [0, 0.1) is 6.92 Å². The van der Waals surface area contributed by atoms with Gasteiger partial charge in [-0.3, -0.25) is 9.59 Å². The van der Waals surface area contributed by atoms with Gasteiger partial charge in [-0.25, -0.2) is 0 Å². The Morgan fingerprint density at radius 1 is 1.60 bits per heavy atom. The number of aliphatic carboxylic acids is 1. The highest BCUT2D eigenvalue weighted by molar-refractivity contribution is 9.11.